The molecule has 1 fully saturated rings. The lowest BCUT2D eigenvalue weighted by Gasteiger charge is -2.20. The maximum absolute atomic E-state index is 12.8. The number of carbonyl (C=O) groups excluding carboxylic acids is 2. The van der Waals surface area contributed by atoms with Crippen LogP contribution in [0.2, 0.25) is 0 Å². The Morgan fingerprint density at radius 1 is 1.07 bits per heavy atom. The maximum Gasteiger partial charge on any atom is 0.289 e. The number of sulfonamides is 1. The Balaban J connectivity index is 1.59. The molecule has 0 spiro atoms. The van der Waals surface area contributed by atoms with Gasteiger partial charge in [0.25, 0.3) is 5.91 Å². The lowest BCUT2D eigenvalue weighted by Crippen LogP contribution is -2.34. The van der Waals surface area contributed by atoms with Crippen LogP contribution in [-0.2, 0) is 14.8 Å². The van der Waals surface area contributed by atoms with Gasteiger partial charge in [0.05, 0.1) is 17.7 Å². The third-order valence-electron chi connectivity index (χ3n) is 4.80. The minimum atomic E-state index is -3.53. The average Bonchev–Trinajstić information content (AvgIpc) is 3.09. The van der Waals surface area contributed by atoms with Crippen LogP contribution in [0.3, 0.4) is 0 Å². The first kappa shape index (κ1) is 21.1. The van der Waals surface area contributed by atoms with Gasteiger partial charge in [-0.15, -0.1) is 0 Å². The van der Waals surface area contributed by atoms with E-state index >= 15 is 0 Å². The molecule has 2 aromatic rings. The van der Waals surface area contributed by atoms with Crippen molar-refractivity contribution in [2.45, 2.75) is 30.6 Å². The molecule has 29 heavy (non-hydrogen) atoms. The number of nitrogens with zero attached hydrogens (tertiary/aromatic N) is 2. The van der Waals surface area contributed by atoms with Crippen LogP contribution in [0.15, 0.2) is 52.0 Å². The summed E-state index contributed by atoms with van der Waals surface area (Å²) in [5.41, 5.74) is 0.462. The third kappa shape index (κ3) is 5.24. The highest BCUT2D eigenvalue weighted by atomic mass is 32.2. The van der Waals surface area contributed by atoms with Crippen molar-refractivity contribution in [2.75, 3.05) is 32.0 Å². The molecule has 1 saturated heterocycles. The number of carbonyl (C=O) groups is 2. The Hall–Kier alpha value is -2.65. The molecule has 0 radical (unpaired) electrons. The van der Waals surface area contributed by atoms with E-state index in [1.165, 1.54) is 40.7 Å². The van der Waals surface area contributed by atoms with Gasteiger partial charge in [-0.25, -0.2) is 8.42 Å². The molecule has 1 N–H and O–H groups in total. The van der Waals surface area contributed by atoms with Crippen molar-refractivity contribution in [1.82, 2.24) is 9.21 Å². The van der Waals surface area contributed by atoms with Gasteiger partial charge < -0.3 is 14.6 Å². The zero-order chi connectivity index (χ0) is 20.9. The monoisotopic (exact) mass is 419 g/mol. The summed E-state index contributed by atoms with van der Waals surface area (Å²) in [5.74, 6) is -0.636. The minimum Gasteiger partial charge on any atom is -0.459 e. The van der Waals surface area contributed by atoms with Crippen molar-refractivity contribution in [2.24, 2.45) is 0 Å². The van der Waals surface area contributed by atoms with Crippen LogP contribution in [0.5, 0.6) is 0 Å². The van der Waals surface area contributed by atoms with Gasteiger partial charge >= 0.3 is 0 Å². The number of likely N-dealkylation sites (N-methyl/N-ethyl adjacent to an activating group) is 1. The molecule has 0 bridgehead atoms. The molecule has 0 aliphatic carbocycles. The van der Waals surface area contributed by atoms with E-state index < -0.39 is 21.8 Å². The van der Waals surface area contributed by atoms with E-state index in [4.69, 9.17) is 4.42 Å². The van der Waals surface area contributed by atoms with Gasteiger partial charge in [-0.2, -0.15) is 4.31 Å². The van der Waals surface area contributed by atoms with Crippen LogP contribution in [0.25, 0.3) is 0 Å². The second-order valence-corrected chi connectivity index (χ2v) is 8.97. The van der Waals surface area contributed by atoms with E-state index in [2.05, 4.69) is 5.32 Å². The van der Waals surface area contributed by atoms with E-state index in [1.54, 1.807) is 18.2 Å². The number of hydrogen-bond acceptors (Lipinski definition) is 5. The predicted octanol–water partition coefficient (Wildman–Crippen LogP) is 2.56. The Morgan fingerprint density at radius 3 is 2.31 bits per heavy atom. The number of benzene rings is 1. The van der Waals surface area contributed by atoms with Crippen LogP contribution in [-0.4, -0.2) is 56.1 Å². The highest BCUT2D eigenvalue weighted by molar-refractivity contribution is 7.89. The van der Waals surface area contributed by atoms with Crippen molar-refractivity contribution in [3.8, 4) is 0 Å². The molecule has 2 amide bonds. The van der Waals surface area contributed by atoms with Crippen LogP contribution < -0.4 is 5.32 Å². The fourth-order valence-electron chi connectivity index (χ4n) is 3.22. The van der Waals surface area contributed by atoms with Crippen LogP contribution in [0.1, 0.15) is 36.2 Å². The molecule has 1 aromatic heterocycles. The molecule has 156 valence electrons. The van der Waals surface area contributed by atoms with Crippen LogP contribution >= 0.6 is 0 Å². The quantitative estimate of drug-likeness (QED) is 0.776. The summed E-state index contributed by atoms with van der Waals surface area (Å²) in [5, 5.41) is 2.67. The summed E-state index contributed by atoms with van der Waals surface area (Å²) in [6.45, 7) is 0.918. The first-order valence-electron chi connectivity index (χ1n) is 9.57. The molecule has 1 aliphatic heterocycles. The maximum atomic E-state index is 12.8. The van der Waals surface area contributed by atoms with Crippen molar-refractivity contribution in [3.05, 3.63) is 48.4 Å². The van der Waals surface area contributed by atoms with Gasteiger partial charge in [0.15, 0.2) is 5.76 Å². The minimum absolute atomic E-state index is 0.156. The molecule has 9 heteroatoms. The SMILES string of the molecule is CN(CC(=O)Nc1ccc(S(=O)(=O)N2CCCCCC2)cc1)C(=O)c1ccco1. The fraction of sp³-hybridized carbons (Fsp3) is 0.400. The first-order valence-corrected chi connectivity index (χ1v) is 11.0. The average molecular weight is 420 g/mol. The van der Waals surface area contributed by atoms with E-state index in [-0.39, 0.29) is 17.2 Å². The molecule has 1 aromatic carbocycles. The molecule has 0 atom stereocenters. The lowest BCUT2D eigenvalue weighted by molar-refractivity contribution is -0.116. The number of hydrogen-bond donors (Lipinski definition) is 1. The first-order chi connectivity index (χ1) is 13.9. The highest BCUT2D eigenvalue weighted by Crippen LogP contribution is 2.21. The number of furan rings is 1. The summed E-state index contributed by atoms with van der Waals surface area (Å²) < 4.78 is 32.1. The smallest absolute Gasteiger partial charge is 0.289 e. The zero-order valence-corrected chi connectivity index (χ0v) is 17.2. The zero-order valence-electron chi connectivity index (χ0n) is 16.3. The fourth-order valence-corrected chi connectivity index (χ4v) is 4.73. The van der Waals surface area contributed by atoms with Crippen LogP contribution in [0.4, 0.5) is 5.69 Å². The Morgan fingerprint density at radius 2 is 1.72 bits per heavy atom. The van der Waals surface area contributed by atoms with E-state index in [1.807, 2.05) is 0 Å². The third-order valence-corrected chi connectivity index (χ3v) is 6.71. The Bertz CT molecular complexity index is 931. The Kier molecular flexibility index (Phi) is 6.71. The van der Waals surface area contributed by atoms with Crippen molar-refractivity contribution in [3.63, 3.8) is 0 Å². The van der Waals surface area contributed by atoms with Crippen molar-refractivity contribution in [1.29, 1.82) is 0 Å². The largest absolute Gasteiger partial charge is 0.459 e. The van der Waals surface area contributed by atoms with Gasteiger partial charge in [0.2, 0.25) is 15.9 Å². The normalized spacial score (nSPS) is 15.5. The molecule has 2 heterocycles. The second-order valence-electron chi connectivity index (χ2n) is 7.03. The van der Waals surface area contributed by atoms with E-state index in [9.17, 15) is 18.0 Å². The van der Waals surface area contributed by atoms with Gasteiger partial charge in [0.1, 0.15) is 0 Å². The summed E-state index contributed by atoms with van der Waals surface area (Å²) in [6, 6.07) is 9.22. The summed E-state index contributed by atoms with van der Waals surface area (Å²) in [7, 11) is -2.03. The number of anilines is 1. The van der Waals surface area contributed by atoms with E-state index in [0.29, 0.717) is 18.8 Å². The highest BCUT2D eigenvalue weighted by Gasteiger charge is 2.25. The van der Waals surface area contributed by atoms with Gasteiger partial charge in [-0.3, -0.25) is 9.59 Å². The van der Waals surface area contributed by atoms with Gasteiger partial charge in [0, 0.05) is 25.8 Å². The topological polar surface area (TPSA) is 99.9 Å². The second kappa shape index (κ2) is 9.23. The van der Waals surface area contributed by atoms with Gasteiger partial charge in [-0.05, 0) is 49.2 Å². The summed E-state index contributed by atoms with van der Waals surface area (Å²) in [6.07, 6.45) is 5.24. The number of nitrogens with one attached hydrogen (secondary N) is 1. The molecular formula is C20H25N3O5S. The van der Waals surface area contributed by atoms with Crippen molar-refractivity contribution >= 4 is 27.5 Å². The lowest BCUT2D eigenvalue weighted by atomic mass is 10.2. The summed E-state index contributed by atoms with van der Waals surface area (Å²) in [4.78, 5) is 25.8. The van der Waals surface area contributed by atoms with Gasteiger partial charge in [-0.1, -0.05) is 12.8 Å². The molecule has 0 saturated carbocycles. The van der Waals surface area contributed by atoms with E-state index in [0.717, 1.165) is 25.7 Å². The number of rotatable bonds is 6. The summed E-state index contributed by atoms with van der Waals surface area (Å²) >= 11 is 0. The molecular weight excluding hydrogens is 394 g/mol. The molecule has 8 nitrogen and oxygen atoms in total. The molecule has 3 rings (SSSR count). The van der Waals surface area contributed by atoms with Crippen molar-refractivity contribution < 1.29 is 22.4 Å². The predicted molar refractivity (Wildman–Crippen MR) is 108 cm³/mol. The molecule has 0 unspecified atom stereocenters. The Labute approximate surface area is 170 Å². The van der Waals surface area contributed by atoms with Crippen LogP contribution in [0, 0.1) is 0 Å². The molecule has 1 aliphatic rings. The standard InChI is InChI=1S/C20H25N3O5S/c1-22(20(25)18-7-6-14-28-18)15-19(24)21-16-8-10-17(11-9-16)29(26,27)23-12-4-2-3-5-13-23/h6-11,14H,2-5,12-13,15H2,1H3,(H,21,24). The number of amides is 2.